The maximum Gasteiger partial charge on any atom is 0.317 e. The summed E-state index contributed by atoms with van der Waals surface area (Å²) >= 11 is 6.30. The smallest absolute Gasteiger partial charge is 0.317 e. The number of esters is 1. The molecule has 254 valence electrons. The molecule has 0 aliphatic carbocycles. The van der Waals surface area contributed by atoms with Gasteiger partial charge in [-0.05, 0) is 65.4 Å². The van der Waals surface area contributed by atoms with E-state index in [0.29, 0.717) is 54.8 Å². The van der Waals surface area contributed by atoms with Crippen LogP contribution in [0, 0.1) is 5.41 Å². The Morgan fingerprint density at radius 3 is 2.23 bits per heavy atom. The van der Waals surface area contributed by atoms with Crippen molar-refractivity contribution in [3.63, 3.8) is 0 Å². The normalized spacial score (nSPS) is 18.5. The van der Waals surface area contributed by atoms with Crippen molar-refractivity contribution in [1.82, 2.24) is 25.1 Å². The van der Waals surface area contributed by atoms with Gasteiger partial charge in [0.15, 0.2) is 5.75 Å². The number of para-hydroxylation sites is 1. The van der Waals surface area contributed by atoms with Crippen LogP contribution in [-0.2, 0) is 23.9 Å². The highest BCUT2D eigenvalue weighted by Gasteiger charge is 2.39. The van der Waals surface area contributed by atoms with Gasteiger partial charge in [-0.3, -0.25) is 29.0 Å². The number of tetrazole rings is 1. The molecule has 3 amide bonds. The monoisotopic (exact) mass is 678 g/mol. The van der Waals surface area contributed by atoms with Crippen LogP contribution in [0.2, 0.25) is 5.02 Å². The molecule has 48 heavy (non-hydrogen) atoms. The Bertz CT molecular complexity index is 1690. The van der Waals surface area contributed by atoms with Crippen molar-refractivity contribution in [2.75, 3.05) is 60.6 Å². The summed E-state index contributed by atoms with van der Waals surface area (Å²) in [5.41, 5.74) is 1.34. The molecule has 0 spiro atoms. The van der Waals surface area contributed by atoms with E-state index in [1.807, 2.05) is 20.8 Å². The number of carbonyl (C=O) groups is 4. The summed E-state index contributed by atoms with van der Waals surface area (Å²) in [7, 11) is 0. The van der Waals surface area contributed by atoms with E-state index >= 15 is 0 Å². The standard InChI is InChI=1S/C33H39ClN8O6/c1-33(2,3)12-9-29(44)48-30-25(39-14-13-38(20-28(39)43)23-10-17-47-18-11-23)5-4-6-26(30)40-15-16-41(32(46)31(40)45)27-19-22(34)7-8-24(27)42-21-35-36-37-42/h4-8,19,21,23H,9-18,20H2,1-3H3. The van der Waals surface area contributed by atoms with Gasteiger partial charge >= 0.3 is 17.8 Å². The number of nitrogens with zero attached hydrogens (tertiary/aromatic N) is 8. The number of anilines is 3. The first-order valence-electron chi connectivity index (χ1n) is 16.1. The van der Waals surface area contributed by atoms with E-state index in [0.717, 1.165) is 12.8 Å². The zero-order valence-corrected chi connectivity index (χ0v) is 28.1. The molecule has 3 fully saturated rings. The molecule has 0 saturated carbocycles. The van der Waals surface area contributed by atoms with E-state index in [1.165, 1.54) is 20.8 Å². The molecule has 3 aromatic rings. The van der Waals surface area contributed by atoms with Crippen LogP contribution in [0.1, 0.15) is 46.5 Å². The van der Waals surface area contributed by atoms with Crippen molar-refractivity contribution in [3.8, 4) is 11.4 Å². The Balaban J connectivity index is 1.30. The minimum Gasteiger partial charge on any atom is -0.422 e. The number of halogens is 1. The average Bonchev–Trinajstić information content (AvgIpc) is 3.60. The van der Waals surface area contributed by atoms with Crippen molar-refractivity contribution in [1.29, 1.82) is 0 Å². The van der Waals surface area contributed by atoms with Crippen molar-refractivity contribution >= 4 is 52.4 Å². The van der Waals surface area contributed by atoms with Crippen LogP contribution in [0.25, 0.3) is 5.69 Å². The zero-order chi connectivity index (χ0) is 34.0. The van der Waals surface area contributed by atoms with Crippen LogP contribution in [0.15, 0.2) is 42.7 Å². The molecule has 14 nitrogen and oxygen atoms in total. The number of hydrogen-bond donors (Lipinski definition) is 0. The lowest BCUT2D eigenvalue weighted by atomic mass is 9.91. The summed E-state index contributed by atoms with van der Waals surface area (Å²) in [6.45, 7) is 8.85. The fourth-order valence-electron chi connectivity index (χ4n) is 6.26. The zero-order valence-electron chi connectivity index (χ0n) is 27.3. The predicted molar refractivity (Wildman–Crippen MR) is 177 cm³/mol. The lowest BCUT2D eigenvalue weighted by Gasteiger charge is -2.41. The lowest BCUT2D eigenvalue weighted by Crippen LogP contribution is -2.55. The Labute approximate surface area is 283 Å². The summed E-state index contributed by atoms with van der Waals surface area (Å²) in [5.74, 6) is -2.19. The van der Waals surface area contributed by atoms with Gasteiger partial charge in [0, 0.05) is 56.9 Å². The van der Waals surface area contributed by atoms with E-state index in [1.54, 1.807) is 41.3 Å². The molecular formula is C33H39ClN8O6. The second kappa shape index (κ2) is 14.0. The number of piperazine rings is 2. The molecule has 3 saturated heterocycles. The van der Waals surface area contributed by atoms with E-state index in [9.17, 15) is 19.2 Å². The van der Waals surface area contributed by atoms with Gasteiger partial charge in [-0.15, -0.1) is 5.10 Å². The van der Waals surface area contributed by atoms with Gasteiger partial charge in [0.25, 0.3) is 0 Å². The van der Waals surface area contributed by atoms with E-state index in [4.69, 9.17) is 21.1 Å². The summed E-state index contributed by atoms with van der Waals surface area (Å²) in [5, 5.41) is 11.6. The molecule has 0 N–H and O–H groups in total. The van der Waals surface area contributed by atoms with Gasteiger partial charge in [-0.25, -0.2) is 0 Å². The van der Waals surface area contributed by atoms with Crippen LogP contribution in [-0.4, -0.2) is 101 Å². The van der Waals surface area contributed by atoms with Crippen molar-refractivity contribution < 1.29 is 28.7 Å². The molecule has 0 unspecified atom stereocenters. The van der Waals surface area contributed by atoms with Crippen molar-refractivity contribution in [3.05, 3.63) is 47.7 Å². The second-order valence-electron chi connectivity index (χ2n) is 13.3. The summed E-state index contributed by atoms with van der Waals surface area (Å²) < 4.78 is 12.9. The highest BCUT2D eigenvalue weighted by molar-refractivity contribution is 6.46. The molecule has 2 aromatic carbocycles. The third-order valence-corrected chi connectivity index (χ3v) is 9.09. The second-order valence-corrected chi connectivity index (χ2v) is 13.8. The molecule has 1 aromatic heterocycles. The number of carbonyl (C=O) groups excluding carboxylic acids is 4. The van der Waals surface area contributed by atoms with Crippen LogP contribution >= 0.6 is 11.6 Å². The third-order valence-electron chi connectivity index (χ3n) is 8.85. The van der Waals surface area contributed by atoms with E-state index < -0.39 is 17.8 Å². The number of amides is 3. The number of aromatic nitrogens is 4. The fraction of sp³-hybridized carbons (Fsp3) is 0.485. The van der Waals surface area contributed by atoms with Gasteiger partial charge < -0.3 is 19.3 Å². The number of ether oxygens (including phenoxy) is 2. The largest absolute Gasteiger partial charge is 0.422 e. The molecule has 0 radical (unpaired) electrons. The Morgan fingerprint density at radius 1 is 0.917 bits per heavy atom. The molecule has 3 aliphatic rings. The summed E-state index contributed by atoms with van der Waals surface area (Å²) in [6.07, 6.45) is 3.83. The number of hydrogen-bond acceptors (Lipinski definition) is 10. The van der Waals surface area contributed by atoms with Crippen molar-refractivity contribution in [2.45, 2.75) is 52.5 Å². The van der Waals surface area contributed by atoms with Gasteiger partial charge in [-0.2, -0.15) is 4.68 Å². The van der Waals surface area contributed by atoms with Gasteiger partial charge in [-0.1, -0.05) is 38.4 Å². The number of rotatable bonds is 8. The SMILES string of the molecule is CC(C)(C)CCC(=O)Oc1c(N2CCN(C3CCOCC3)CC2=O)cccc1N1CCN(c2cc(Cl)ccc2-n2cnnn2)C(=O)C1=O. The Kier molecular flexibility index (Phi) is 9.76. The van der Waals surface area contributed by atoms with Gasteiger partial charge in [0.2, 0.25) is 5.91 Å². The minimum absolute atomic E-state index is 0.0770. The third kappa shape index (κ3) is 7.20. The molecule has 0 bridgehead atoms. The maximum absolute atomic E-state index is 13.9. The summed E-state index contributed by atoms with van der Waals surface area (Å²) in [4.78, 5) is 61.0. The average molecular weight is 679 g/mol. The van der Waals surface area contributed by atoms with Crippen LogP contribution in [0.4, 0.5) is 17.1 Å². The Morgan fingerprint density at radius 2 is 1.58 bits per heavy atom. The van der Waals surface area contributed by atoms with Crippen LogP contribution in [0.3, 0.4) is 0 Å². The summed E-state index contributed by atoms with van der Waals surface area (Å²) in [6, 6.07) is 10.2. The maximum atomic E-state index is 13.9. The topological polar surface area (TPSA) is 143 Å². The highest BCUT2D eigenvalue weighted by Crippen LogP contribution is 2.41. The molecular weight excluding hydrogens is 640 g/mol. The quantitative estimate of drug-likeness (QED) is 0.198. The first kappa shape index (κ1) is 33.5. The molecule has 15 heteroatoms. The first-order valence-corrected chi connectivity index (χ1v) is 16.5. The highest BCUT2D eigenvalue weighted by atomic mass is 35.5. The van der Waals surface area contributed by atoms with Crippen LogP contribution < -0.4 is 19.4 Å². The molecule has 6 rings (SSSR count). The first-order chi connectivity index (χ1) is 23.0. The molecule has 4 heterocycles. The van der Waals surface area contributed by atoms with Gasteiger partial charge in [0.1, 0.15) is 6.33 Å². The molecule has 0 atom stereocenters. The van der Waals surface area contributed by atoms with Gasteiger partial charge in [0.05, 0.1) is 29.3 Å². The predicted octanol–water partition coefficient (Wildman–Crippen LogP) is 3.25. The van der Waals surface area contributed by atoms with E-state index in [2.05, 4.69) is 20.4 Å². The number of benzene rings is 2. The van der Waals surface area contributed by atoms with Crippen molar-refractivity contribution in [2.24, 2.45) is 5.41 Å². The van der Waals surface area contributed by atoms with E-state index in [-0.39, 0.29) is 54.9 Å². The lowest BCUT2D eigenvalue weighted by molar-refractivity contribution is -0.137. The fourth-order valence-corrected chi connectivity index (χ4v) is 6.43. The minimum atomic E-state index is -0.830. The Hall–Kier alpha value is -4.40. The van der Waals surface area contributed by atoms with Crippen LogP contribution in [0.5, 0.6) is 5.75 Å². The molecule has 3 aliphatic heterocycles.